The van der Waals surface area contributed by atoms with Crippen molar-refractivity contribution in [3.8, 4) is 0 Å². The summed E-state index contributed by atoms with van der Waals surface area (Å²) in [5.74, 6) is 5.48. The Balaban J connectivity index is 0.00000110. The summed E-state index contributed by atoms with van der Waals surface area (Å²) in [4.78, 5) is 9.16. The van der Waals surface area contributed by atoms with Gasteiger partial charge in [0.05, 0.1) is 10.9 Å². The fraction of sp³-hybridized carbons (Fsp3) is 0.771. The van der Waals surface area contributed by atoms with Gasteiger partial charge in [-0.25, -0.2) is 14.4 Å². The van der Waals surface area contributed by atoms with Gasteiger partial charge in [-0.15, -0.1) is 0 Å². The summed E-state index contributed by atoms with van der Waals surface area (Å²) >= 11 is 0. The zero-order valence-corrected chi connectivity index (χ0v) is 24.1. The fourth-order valence-electron chi connectivity index (χ4n) is 10.4. The summed E-state index contributed by atoms with van der Waals surface area (Å²) in [5, 5.41) is 0.536. The molecule has 212 valence electrons. The lowest BCUT2D eigenvalue weighted by Crippen LogP contribution is -2.57. The first-order valence-corrected chi connectivity index (χ1v) is 16.0. The van der Waals surface area contributed by atoms with Gasteiger partial charge in [-0.05, 0) is 123 Å². The lowest BCUT2D eigenvalue weighted by atomic mass is 9.40. The predicted molar refractivity (Wildman–Crippen MR) is 160 cm³/mol. The predicted octanol–water partition coefficient (Wildman–Crippen LogP) is 10.6. The molecule has 4 fully saturated rings. The first kappa shape index (κ1) is 29.5. The maximum absolute atomic E-state index is 14.0. The normalized spacial score (nSPS) is 35.8. The Bertz CT molecular complexity index is 1050. The van der Waals surface area contributed by atoms with Crippen LogP contribution in [-0.2, 0) is 6.42 Å². The number of hydrogen-bond acceptors (Lipinski definition) is 2. The molecule has 7 unspecified atom stereocenters. The maximum Gasteiger partial charge on any atom is 0.134 e. The molecular weight excluding hydrogens is 467 g/mol. The van der Waals surface area contributed by atoms with Crippen molar-refractivity contribution in [1.82, 2.24) is 9.97 Å². The second kappa shape index (κ2) is 12.3. The molecule has 0 spiro atoms. The topological polar surface area (TPSA) is 25.8 Å². The average Bonchev–Trinajstić information content (AvgIpc) is 3.34. The van der Waals surface area contributed by atoms with Crippen molar-refractivity contribution in [3.05, 3.63) is 36.0 Å². The van der Waals surface area contributed by atoms with E-state index in [0.29, 0.717) is 16.2 Å². The van der Waals surface area contributed by atoms with Crippen LogP contribution in [0.4, 0.5) is 4.39 Å². The van der Waals surface area contributed by atoms with E-state index in [1.165, 1.54) is 96.0 Å². The van der Waals surface area contributed by atoms with Crippen LogP contribution in [0.25, 0.3) is 10.9 Å². The lowest BCUT2D eigenvalue weighted by Gasteiger charge is -2.65. The van der Waals surface area contributed by atoms with Crippen LogP contribution in [0, 0.1) is 46.2 Å². The Morgan fingerprint density at radius 2 is 1.84 bits per heavy atom. The molecule has 4 saturated carbocycles. The van der Waals surface area contributed by atoms with Crippen molar-refractivity contribution >= 4 is 10.9 Å². The Labute approximate surface area is 233 Å². The van der Waals surface area contributed by atoms with Gasteiger partial charge in [-0.3, -0.25) is 0 Å². The van der Waals surface area contributed by atoms with Crippen molar-refractivity contribution in [1.29, 1.82) is 0 Å². The minimum atomic E-state index is -0.223. The van der Waals surface area contributed by atoms with Gasteiger partial charge < -0.3 is 0 Å². The largest absolute Gasteiger partial charge is 0.241 e. The van der Waals surface area contributed by atoms with E-state index >= 15 is 0 Å². The van der Waals surface area contributed by atoms with E-state index in [-0.39, 0.29) is 13.2 Å². The highest BCUT2D eigenvalue weighted by atomic mass is 19.1. The molecule has 38 heavy (non-hydrogen) atoms. The van der Waals surface area contributed by atoms with Crippen molar-refractivity contribution in [2.45, 2.75) is 131 Å². The highest BCUT2D eigenvalue weighted by Gasteiger charge is 2.62. The summed E-state index contributed by atoms with van der Waals surface area (Å²) in [5.41, 5.74) is 2.00. The average molecular weight is 523 g/mol. The molecule has 0 bridgehead atoms. The van der Waals surface area contributed by atoms with Crippen LogP contribution in [0.15, 0.2) is 24.4 Å². The molecule has 0 radical (unpaired) electrons. The molecule has 1 aromatic carbocycles. The lowest BCUT2D eigenvalue weighted by molar-refractivity contribution is -0.155. The second-order valence-corrected chi connectivity index (χ2v) is 13.1. The number of fused-ring (bicyclic) bond motifs is 6. The third-order valence-electron chi connectivity index (χ3n) is 11.7. The maximum atomic E-state index is 14.0. The Morgan fingerprint density at radius 1 is 1.00 bits per heavy atom. The molecule has 1 aromatic heterocycles. The molecule has 0 amide bonds. The van der Waals surface area contributed by atoms with Crippen molar-refractivity contribution in [2.24, 2.45) is 40.4 Å². The number of hydrogen-bond donors (Lipinski definition) is 0. The third-order valence-corrected chi connectivity index (χ3v) is 11.7. The summed E-state index contributed by atoms with van der Waals surface area (Å²) in [6, 6.07) is 5.14. The first-order chi connectivity index (χ1) is 18.0. The van der Waals surface area contributed by atoms with Gasteiger partial charge in [-0.1, -0.05) is 60.5 Å². The van der Waals surface area contributed by atoms with Crippen LogP contribution < -0.4 is 0 Å². The number of aromatic nitrogens is 2. The summed E-state index contributed by atoms with van der Waals surface area (Å²) in [6.07, 6.45) is 22.9. The Hall–Kier alpha value is -1.51. The summed E-state index contributed by atoms with van der Waals surface area (Å²) in [6.45, 7) is 9.18. The van der Waals surface area contributed by atoms with Crippen LogP contribution in [-0.4, -0.2) is 9.97 Å². The van der Waals surface area contributed by atoms with Gasteiger partial charge in [0.1, 0.15) is 11.6 Å². The smallest absolute Gasteiger partial charge is 0.134 e. The van der Waals surface area contributed by atoms with E-state index < -0.39 is 0 Å². The van der Waals surface area contributed by atoms with Crippen LogP contribution in [0.2, 0.25) is 0 Å². The number of rotatable bonds is 6. The van der Waals surface area contributed by atoms with Gasteiger partial charge in [0.25, 0.3) is 0 Å². The highest BCUT2D eigenvalue weighted by molar-refractivity contribution is 5.78. The van der Waals surface area contributed by atoms with Crippen LogP contribution in [0.3, 0.4) is 0 Å². The van der Waals surface area contributed by atoms with Crippen LogP contribution in [0.5, 0.6) is 0 Å². The fourth-order valence-corrected chi connectivity index (χ4v) is 10.4. The molecule has 6 rings (SSSR count). The van der Waals surface area contributed by atoms with E-state index in [0.717, 1.165) is 47.4 Å². The van der Waals surface area contributed by atoms with Gasteiger partial charge >= 0.3 is 0 Å². The van der Waals surface area contributed by atoms with Crippen molar-refractivity contribution in [3.63, 3.8) is 0 Å². The van der Waals surface area contributed by atoms with Crippen LogP contribution in [0.1, 0.15) is 131 Å². The molecule has 2 aromatic rings. The number of nitrogens with zero attached hydrogens (tertiary/aromatic N) is 2. The monoisotopic (exact) mass is 522 g/mol. The molecule has 0 N–H and O–H groups in total. The zero-order chi connectivity index (χ0) is 26.0. The highest BCUT2D eigenvalue weighted by Crippen LogP contribution is 2.70. The molecule has 4 aliphatic rings. The molecule has 0 aliphatic heterocycles. The van der Waals surface area contributed by atoms with E-state index in [1.54, 1.807) is 12.3 Å². The van der Waals surface area contributed by atoms with E-state index in [4.69, 9.17) is 0 Å². The molecule has 2 nitrogen and oxygen atoms in total. The quantitative estimate of drug-likeness (QED) is 0.377. The van der Waals surface area contributed by atoms with E-state index in [1.807, 2.05) is 19.9 Å². The number of aryl methyl sites for hydroxylation is 1. The molecule has 3 heteroatoms. The van der Waals surface area contributed by atoms with Gasteiger partial charge in [0, 0.05) is 12.6 Å². The Kier molecular flexibility index (Phi) is 9.57. The molecule has 1 heterocycles. The van der Waals surface area contributed by atoms with E-state index in [9.17, 15) is 4.39 Å². The van der Waals surface area contributed by atoms with Gasteiger partial charge in [-0.2, -0.15) is 0 Å². The molecular formula is C35H55FN2. The Morgan fingerprint density at radius 3 is 2.66 bits per heavy atom. The first-order valence-electron chi connectivity index (χ1n) is 16.0. The third kappa shape index (κ3) is 5.05. The van der Waals surface area contributed by atoms with Crippen molar-refractivity contribution < 1.29 is 4.39 Å². The molecule has 4 aliphatic carbocycles. The van der Waals surface area contributed by atoms with E-state index in [2.05, 4.69) is 23.8 Å². The molecule has 7 atom stereocenters. The summed E-state index contributed by atoms with van der Waals surface area (Å²) < 4.78 is 14.0. The zero-order valence-electron chi connectivity index (χ0n) is 24.1. The van der Waals surface area contributed by atoms with Gasteiger partial charge in [0.2, 0.25) is 0 Å². The standard InChI is InChI=1S/C32H45FN2.C2H6.CH4/c1-3-18-32-20-17-23-9-4-5-19-31(23,2)29(32)16-14-24-22(13-15-26(24)32)8-6-12-30-34-21-25-27(33)10-7-11-28(25)35-30;1-2;/h7,10-11,21-24,26,29H,3-6,8-9,12-20H2,1-2H3;1-2H3;1H4. The van der Waals surface area contributed by atoms with Crippen LogP contribution >= 0.6 is 0 Å². The number of halogens is 1. The second-order valence-electron chi connectivity index (χ2n) is 13.1. The minimum Gasteiger partial charge on any atom is -0.241 e. The minimum absolute atomic E-state index is 0. The molecule has 0 saturated heterocycles. The van der Waals surface area contributed by atoms with Crippen molar-refractivity contribution in [2.75, 3.05) is 0 Å². The summed E-state index contributed by atoms with van der Waals surface area (Å²) in [7, 11) is 0. The van der Waals surface area contributed by atoms with Gasteiger partial charge in [0.15, 0.2) is 0 Å². The SMILES string of the molecule is C.CC.CCCC12CCC3CCCCC3(C)C1CCC1C(CCCc3ncc4c(F)cccc4n3)CCC12. The number of benzene rings is 1.